The average Bonchev–Trinajstić information content (AvgIpc) is 3.24. The second-order valence-corrected chi connectivity index (χ2v) is 9.86. The Balaban J connectivity index is 2.13. The summed E-state index contributed by atoms with van der Waals surface area (Å²) in [5.74, 6) is -0.910. The third-order valence-electron chi connectivity index (χ3n) is 5.55. The molecule has 1 aliphatic rings. The molecule has 1 heterocycles. The number of ether oxygens (including phenoxy) is 1. The topological polar surface area (TPSA) is 144 Å². The minimum absolute atomic E-state index is 0.0209. The fraction of sp³-hybridized carbons (Fsp3) is 0.292. The molecule has 12 heteroatoms. The summed E-state index contributed by atoms with van der Waals surface area (Å²) in [4.78, 5) is 11.2. The fourth-order valence-electron chi connectivity index (χ4n) is 3.81. The third-order valence-corrected chi connectivity index (χ3v) is 7.39. The quantitative estimate of drug-likeness (QED) is 0.273. The van der Waals surface area contributed by atoms with Crippen LogP contribution in [0.4, 0.5) is 0 Å². The number of halogens is 1. The largest absolute Gasteiger partial charge is 0.367 e. The number of benzene rings is 2. The molecule has 0 bridgehead atoms. The van der Waals surface area contributed by atoms with E-state index in [1.54, 1.807) is 38.1 Å². The highest BCUT2D eigenvalue weighted by Crippen LogP contribution is 2.37. The Labute approximate surface area is 216 Å². The highest BCUT2D eigenvalue weighted by molar-refractivity contribution is 7.87. The summed E-state index contributed by atoms with van der Waals surface area (Å²) in [7, 11) is -4.01. The van der Waals surface area contributed by atoms with Crippen molar-refractivity contribution in [1.29, 1.82) is 0 Å². The van der Waals surface area contributed by atoms with Crippen LogP contribution in [0.25, 0.3) is 0 Å². The molecule has 1 amide bonds. The fourth-order valence-corrected chi connectivity index (χ4v) is 5.04. The van der Waals surface area contributed by atoms with Gasteiger partial charge < -0.3 is 16.2 Å². The van der Waals surface area contributed by atoms with Gasteiger partial charge in [-0.05, 0) is 17.7 Å². The zero-order valence-corrected chi connectivity index (χ0v) is 21.6. The summed E-state index contributed by atoms with van der Waals surface area (Å²) in [6, 6.07) is 16.3. The summed E-state index contributed by atoms with van der Waals surface area (Å²) in [6.07, 6.45) is 2.70. The van der Waals surface area contributed by atoms with E-state index in [2.05, 4.69) is 9.50 Å². The lowest BCUT2D eigenvalue weighted by Gasteiger charge is -2.31. The van der Waals surface area contributed by atoms with E-state index in [1.165, 1.54) is 21.5 Å². The molecule has 2 aromatic rings. The number of hydrazone groups is 1. The molecule has 0 aromatic heterocycles. The second-order valence-electron chi connectivity index (χ2n) is 7.83. The molecule has 0 radical (unpaired) electrons. The van der Waals surface area contributed by atoms with Gasteiger partial charge in [0.25, 0.3) is 0 Å². The van der Waals surface area contributed by atoms with Gasteiger partial charge in [0.05, 0.1) is 13.2 Å². The second kappa shape index (κ2) is 11.7. The Kier molecular flexibility index (Phi) is 8.85. The molecule has 2 aromatic carbocycles. The summed E-state index contributed by atoms with van der Waals surface area (Å²) in [6.45, 7) is 3.98. The average molecular weight is 533 g/mol. The first kappa shape index (κ1) is 27.3. The number of rotatable bonds is 10. The molecular weight excluding hydrogens is 504 g/mol. The molecule has 0 fully saturated rings. The summed E-state index contributed by atoms with van der Waals surface area (Å²) in [5.41, 5.74) is 12.1. The van der Waals surface area contributed by atoms with Crippen LogP contribution in [0.2, 0.25) is 5.02 Å². The van der Waals surface area contributed by atoms with Crippen molar-refractivity contribution in [2.24, 2.45) is 21.0 Å². The highest BCUT2D eigenvalue weighted by atomic mass is 35.5. The molecule has 1 aliphatic heterocycles. The van der Waals surface area contributed by atoms with Crippen molar-refractivity contribution in [3.05, 3.63) is 82.9 Å². The number of carbonyl (C=O) groups excluding carboxylic acids is 1. The van der Waals surface area contributed by atoms with Crippen LogP contribution in [0.3, 0.4) is 0 Å². The maximum Gasteiger partial charge on any atom is 0.325 e. The zero-order valence-electron chi connectivity index (χ0n) is 20.0. The van der Waals surface area contributed by atoms with Crippen molar-refractivity contribution < 1.29 is 17.9 Å². The van der Waals surface area contributed by atoms with Gasteiger partial charge >= 0.3 is 10.2 Å². The van der Waals surface area contributed by atoms with Crippen LogP contribution < -0.4 is 11.5 Å². The smallest absolute Gasteiger partial charge is 0.325 e. The Morgan fingerprint density at radius 2 is 1.81 bits per heavy atom. The van der Waals surface area contributed by atoms with Gasteiger partial charge in [0.1, 0.15) is 5.71 Å². The maximum absolute atomic E-state index is 12.7. The third kappa shape index (κ3) is 6.11. The lowest BCUT2D eigenvalue weighted by atomic mass is 9.85. The summed E-state index contributed by atoms with van der Waals surface area (Å²) in [5, 5.41) is 6.49. The first-order valence-corrected chi connectivity index (χ1v) is 13.0. The number of hydrogen-bond donors (Lipinski definition) is 2. The minimum atomic E-state index is -4.01. The van der Waals surface area contributed by atoms with Crippen molar-refractivity contribution in [2.75, 3.05) is 26.2 Å². The predicted molar refractivity (Wildman–Crippen MR) is 141 cm³/mol. The molecule has 0 saturated carbocycles. The molecule has 192 valence electrons. The monoisotopic (exact) mass is 532 g/mol. The van der Waals surface area contributed by atoms with Gasteiger partial charge in [0.15, 0.2) is 5.60 Å². The number of carbonyl (C=O) groups is 1. The van der Waals surface area contributed by atoms with Crippen molar-refractivity contribution >= 4 is 39.4 Å². The first-order chi connectivity index (χ1) is 17.1. The number of amides is 1. The molecule has 10 nitrogen and oxygen atoms in total. The van der Waals surface area contributed by atoms with Crippen LogP contribution >= 0.6 is 11.6 Å². The van der Waals surface area contributed by atoms with Crippen LogP contribution in [0.15, 0.2) is 76.2 Å². The van der Waals surface area contributed by atoms with Gasteiger partial charge in [0.2, 0.25) is 11.9 Å². The molecule has 36 heavy (non-hydrogen) atoms. The van der Waals surface area contributed by atoms with Crippen molar-refractivity contribution in [3.8, 4) is 0 Å². The van der Waals surface area contributed by atoms with E-state index in [4.69, 9.17) is 27.8 Å². The molecule has 3 rings (SSSR count). The van der Waals surface area contributed by atoms with Crippen molar-refractivity contribution in [3.63, 3.8) is 0 Å². The first-order valence-electron chi connectivity index (χ1n) is 11.3. The molecule has 0 aliphatic carbocycles. The molecule has 1 atom stereocenters. The SMILES string of the molecule is CCN(CC)S(=O)(=O)N=C(N)N1CC(OC/C=C/C(N)=O)(c2ccccc2)C(c2ccc(Cl)cc2)=N1. The standard InChI is InChI=1S/C24H29ClN6O4S/c1-3-30(4-2)36(33,34)29-23(27)31-17-24(19-9-6-5-7-10-19,35-16-8-11-21(26)32)22(28-31)18-12-14-20(25)15-13-18/h5-15H,3-4,16-17H2,1-2H3,(H2,26,32)(H2,27,29)/b11-8+. The number of guanidine groups is 1. The van der Waals surface area contributed by atoms with E-state index in [0.29, 0.717) is 16.3 Å². The van der Waals surface area contributed by atoms with E-state index in [-0.39, 0.29) is 32.2 Å². The maximum atomic E-state index is 12.7. The molecular formula is C24H29ClN6O4S. The number of hydrogen-bond acceptors (Lipinski definition) is 5. The van der Waals surface area contributed by atoms with Gasteiger partial charge in [-0.3, -0.25) is 4.79 Å². The highest BCUT2D eigenvalue weighted by Gasteiger charge is 2.47. The van der Waals surface area contributed by atoms with Crippen LogP contribution in [0.5, 0.6) is 0 Å². The predicted octanol–water partition coefficient (Wildman–Crippen LogP) is 2.21. The Morgan fingerprint density at radius 1 is 1.17 bits per heavy atom. The van der Waals surface area contributed by atoms with E-state index in [9.17, 15) is 13.2 Å². The normalized spacial score (nSPS) is 18.7. The lowest BCUT2D eigenvalue weighted by molar-refractivity contribution is -0.113. The van der Waals surface area contributed by atoms with Crippen molar-refractivity contribution in [1.82, 2.24) is 9.31 Å². The molecule has 4 N–H and O–H groups in total. The van der Waals surface area contributed by atoms with Crippen molar-refractivity contribution in [2.45, 2.75) is 19.4 Å². The van der Waals surface area contributed by atoms with Crippen LogP contribution in [0.1, 0.15) is 25.0 Å². The van der Waals surface area contributed by atoms with Gasteiger partial charge in [0, 0.05) is 29.8 Å². The summed E-state index contributed by atoms with van der Waals surface area (Å²) < 4.78 is 36.8. The Morgan fingerprint density at radius 3 is 2.39 bits per heavy atom. The molecule has 0 spiro atoms. The Hall–Kier alpha value is -3.25. The number of nitrogens with two attached hydrogens (primary N) is 2. The minimum Gasteiger partial charge on any atom is -0.367 e. The van der Waals surface area contributed by atoms with E-state index in [1.807, 2.05) is 30.3 Å². The van der Waals surface area contributed by atoms with E-state index < -0.39 is 21.7 Å². The number of nitrogens with zero attached hydrogens (tertiary/aromatic N) is 4. The van der Waals surface area contributed by atoms with Gasteiger partial charge in [-0.25, -0.2) is 5.01 Å². The molecule has 0 saturated heterocycles. The Bertz CT molecular complexity index is 1260. The zero-order chi connectivity index (χ0) is 26.3. The van der Waals surface area contributed by atoms with Gasteiger partial charge in [-0.15, -0.1) is 4.40 Å². The van der Waals surface area contributed by atoms with Crippen LogP contribution in [-0.4, -0.2) is 61.6 Å². The van der Waals surface area contributed by atoms with E-state index in [0.717, 1.165) is 5.56 Å². The lowest BCUT2D eigenvalue weighted by Crippen LogP contribution is -2.44. The van der Waals surface area contributed by atoms with Gasteiger partial charge in [-0.1, -0.05) is 74.0 Å². The van der Waals surface area contributed by atoms with Gasteiger partial charge in [-0.2, -0.15) is 17.8 Å². The number of primary amides is 1. The summed E-state index contributed by atoms with van der Waals surface area (Å²) >= 11 is 6.10. The van der Waals surface area contributed by atoms with Crippen LogP contribution in [-0.2, 0) is 25.3 Å². The molecule has 1 unspecified atom stereocenters. The van der Waals surface area contributed by atoms with Crippen LogP contribution in [0, 0.1) is 0 Å². The van der Waals surface area contributed by atoms with E-state index >= 15 is 0 Å².